The molecule has 1 heterocycles. The van der Waals surface area contributed by atoms with E-state index in [9.17, 15) is 0 Å². The van der Waals surface area contributed by atoms with Crippen molar-refractivity contribution in [3.05, 3.63) is 12.3 Å². The van der Waals surface area contributed by atoms with E-state index < -0.39 is 0 Å². The summed E-state index contributed by atoms with van der Waals surface area (Å²) in [6, 6.07) is 0. The molecule has 1 heteroatoms. The molecule has 1 rings (SSSR count). The molecule has 58 valence electrons. The number of allylic oxidation sites excluding steroid dienone is 1. The zero-order valence-corrected chi connectivity index (χ0v) is 7.22. The maximum absolute atomic E-state index is 3.99. The minimum Gasteiger partial charge on any atom is -0.378 e. The number of likely N-dealkylation sites (tertiary alicyclic amines) is 1. The third-order valence-electron chi connectivity index (χ3n) is 2.49. The van der Waals surface area contributed by atoms with Crippen LogP contribution in [0.15, 0.2) is 12.3 Å². The van der Waals surface area contributed by atoms with Crippen molar-refractivity contribution in [1.82, 2.24) is 4.90 Å². The van der Waals surface area contributed by atoms with Gasteiger partial charge in [-0.1, -0.05) is 20.4 Å². The molecule has 0 spiro atoms. The summed E-state index contributed by atoms with van der Waals surface area (Å²) in [4.78, 5) is 2.27. The van der Waals surface area contributed by atoms with Crippen molar-refractivity contribution in [3.8, 4) is 0 Å². The van der Waals surface area contributed by atoms with Gasteiger partial charge in [0, 0.05) is 19.3 Å². The molecule has 1 atom stereocenters. The second kappa shape index (κ2) is 2.65. The summed E-state index contributed by atoms with van der Waals surface area (Å²) in [5.41, 5.74) is 1.30. The largest absolute Gasteiger partial charge is 0.378 e. The molecule has 0 aliphatic carbocycles. The molecule has 0 N–H and O–H groups in total. The fourth-order valence-corrected chi connectivity index (χ4v) is 1.45. The summed E-state index contributed by atoms with van der Waals surface area (Å²) in [6.07, 6.45) is 1.20. The summed E-state index contributed by atoms with van der Waals surface area (Å²) in [6.45, 7) is 9.78. The monoisotopic (exact) mass is 139 g/mol. The number of rotatable bonds is 1. The predicted molar refractivity (Wildman–Crippen MR) is 44.7 cm³/mol. The molecule has 0 aromatic heterocycles. The maximum atomic E-state index is 3.99. The highest BCUT2D eigenvalue weighted by atomic mass is 15.1. The van der Waals surface area contributed by atoms with E-state index in [-0.39, 0.29) is 0 Å². The summed E-state index contributed by atoms with van der Waals surface area (Å²) in [7, 11) is 2.13. The highest BCUT2D eigenvalue weighted by Gasteiger charge is 2.24. The van der Waals surface area contributed by atoms with Gasteiger partial charge in [-0.25, -0.2) is 0 Å². The third kappa shape index (κ3) is 1.34. The van der Waals surface area contributed by atoms with Crippen LogP contribution in [0.3, 0.4) is 0 Å². The van der Waals surface area contributed by atoms with Crippen molar-refractivity contribution in [2.45, 2.75) is 20.3 Å². The van der Waals surface area contributed by atoms with Gasteiger partial charge in [0.25, 0.3) is 0 Å². The fourth-order valence-electron chi connectivity index (χ4n) is 1.45. The first-order valence-electron chi connectivity index (χ1n) is 4.00. The Balaban J connectivity index is 2.49. The summed E-state index contributed by atoms with van der Waals surface area (Å²) >= 11 is 0. The van der Waals surface area contributed by atoms with Crippen LogP contribution >= 0.6 is 0 Å². The van der Waals surface area contributed by atoms with Crippen molar-refractivity contribution >= 4 is 0 Å². The van der Waals surface area contributed by atoms with Crippen LogP contribution in [0.2, 0.25) is 0 Å². The first-order chi connectivity index (χ1) is 4.61. The first kappa shape index (κ1) is 7.64. The van der Waals surface area contributed by atoms with Gasteiger partial charge in [-0.05, 0) is 18.3 Å². The normalized spacial score (nSPS) is 26.6. The van der Waals surface area contributed by atoms with Gasteiger partial charge >= 0.3 is 0 Å². The SMILES string of the molecule is C=C1C[C@H](C(C)C)CN1C. The van der Waals surface area contributed by atoms with E-state index in [1.54, 1.807) is 0 Å². The average molecular weight is 139 g/mol. The van der Waals surface area contributed by atoms with Crippen LogP contribution in [0.1, 0.15) is 20.3 Å². The quantitative estimate of drug-likeness (QED) is 0.538. The van der Waals surface area contributed by atoms with Crippen LogP contribution in [0.4, 0.5) is 0 Å². The number of hydrogen-bond acceptors (Lipinski definition) is 1. The molecular weight excluding hydrogens is 122 g/mol. The molecule has 1 saturated heterocycles. The summed E-state index contributed by atoms with van der Waals surface area (Å²) < 4.78 is 0. The molecule has 1 nitrogen and oxygen atoms in total. The van der Waals surface area contributed by atoms with E-state index in [1.807, 2.05) is 0 Å². The van der Waals surface area contributed by atoms with Crippen molar-refractivity contribution in [2.24, 2.45) is 11.8 Å². The van der Waals surface area contributed by atoms with Gasteiger partial charge in [0.1, 0.15) is 0 Å². The van der Waals surface area contributed by atoms with Gasteiger partial charge in [-0.15, -0.1) is 0 Å². The Labute approximate surface area is 63.7 Å². The molecule has 0 aromatic rings. The minimum absolute atomic E-state index is 0.807. The Bertz CT molecular complexity index is 138. The zero-order chi connectivity index (χ0) is 7.72. The lowest BCUT2D eigenvalue weighted by Gasteiger charge is -2.13. The zero-order valence-electron chi connectivity index (χ0n) is 7.22. The van der Waals surface area contributed by atoms with Crippen LogP contribution in [-0.2, 0) is 0 Å². The summed E-state index contributed by atoms with van der Waals surface area (Å²) in [5.74, 6) is 1.65. The van der Waals surface area contributed by atoms with Gasteiger partial charge in [0.15, 0.2) is 0 Å². The lowest BCUT2D eigenvalue weighted by molar-refractivity contribution is 0.362. The smallest absolute Gasteiger partial charge is 0.0206 e. The summed E-state index contributed by atoms with van der Waals surface area (Å²) in [5, 5.41) is 0. The van der Waals surface area contributed by atoms with Gasteiger partial charge < -0.3 is 4.90 Å². The van der Waals surface area contributed by atoms with Crippen molar-refractivity contribution in [3.63, 3.8) is 0 Å². The fraction of sp³-hybridized carbons (Fsp3) is 0.778. The molecule has 0 bridgehead atoms. The van der Waals surface area contributed by atoms with E-state index in [2.05, 4.69) is 32.4 Å². The highest BCUT2D eigenvalue weighted by Crippen LogP contribution is 2.28. The standard InChI is InChI=1S/C9H17N/c1-7(2)9-5-8(3)10(4)6-9/h7,9H,3,5-6H2,1-2,4H3/t9-/m0/s1. The Morgan fingerprint density at radius 2 is 2.20 bits per heavy atom. The molecule has 10 heavy (non-hydrogen) atoms. The number of hydrogen-bond donors (Lipinski definition) is 0. The van der Waals surface area contributed by atoms with E-state index in [4.69, 9.17) is 0 Å². The lowest BCUT2D eigenvalue weighted by atomic mass is 9.95. The molecule has 0 saturated carbocycles. The van der Waals surface area contributed by atoms with Crippen LogP contribution < -0.4 is 0 Å². The highest BCUT2D eigenvalue weighted by molar-refractivity contribution is 5.01. The Morgan fingerprint density at radius 3 is 2.40 bits per heavy atom. The molecule has 1 aliphatic heterocycles. The molecule has 1 fully saturated rings. The van der Waals surface area contributed by atoms with Crippen molar-refractivity contribution in [2.75, 3.05) is 13.6 Å². The van der Waals surface area contributed by atoms with Crippen molar-refractivity contribution in [1.29, 1.82) is 0 Å². The van der Waals surface area contributed by atoms with Crippen LogP contribution in [-0.4, -0.2) is 18.5 Å². The molecule has 0 unspecified atom stereocenters. The lowest BCUT2D eigenvalue weighted by Crippen LogP contribution is -2.15. The maximum Gasteiger partial charge on any atom is 0.0206 e. The van der Waals surface area contributed by atoms with Gasteiger partial charge in [0.05, 0.1) is 0 Å². The van der Waals surface area contributed by atoms with Crippen LogP contribution in [0.25, 0.3) is 0 Å². The minimum atomic E-state index is 0.807. The topological polar surface area (TPSA) is 3.24 Å². The van der Waals surface area contributed by atoms with E-state index in [1.165, 1.54) is 18.7 Å². The van der Waals surface area contributed by atoms with Gasteiger partial charge in [0.2, 0.25) is 0 Å². The molecule has 0 aromatic carbocycles. The second-order valence-corrected chi connectivity index (χ2v) is 3.65. The molecule has 0 radical (unpaired) electrons. The van der Waals surface area contributed by atoms with Crippen LogP contribution in [0, 0.1) is 11.8 Å². The Hall–Kier alpha value is -0.460. The van der Waals surface area contributed by atoms with Crippen LogP contribution in [0.5, 0.6) is 0 Å². The van der Waals surface area contributed by atoms with E-state index in [0.717, 1.165) is 11.8 Å². The number of nitrogens with zero attached hydrogens (tertiary/aromatic N) is 1. The molecule has 1 aliphatic rings. The second-order valence-electron chi connectivity index (χ2n) is 3.65. The molecule has 0 amide bonds. The first-order valence-corrected chi connectivity index (χ1v) is 4.00. The van der Waals surface area contributed by atoms with Gasteiger partial charge in [-0.2, -0.15) is 0 Å². The average Bonchev–Trinajstić information content (AvgIpc) is 2.13. The van der Waals surface area contributed by atoms with Crippen molar-refractivity contribution < 1.29 is 0 Å². The van der Waals surface area contributed by atoms with E-state index in [0.29, 0.717) is 0 Å². The van der Waals surface area contributed by atoms with Gasteiger partial charge in [-0.3, -0.25) is 0 Å². The predicted octanol–water partition coefficient (Wildman–Crippen LogP) is 2.11. The third-order valence-corrected chi connectivity index (χ3v) is 2.49. The Kier molecular flexibility index (Phi) is 2.02. The molecular formula is C9H17N. The Morgan fingerprint density at radius 1 is 1.60 bits per heavy atom. The van der Waals surface area contributed by atoms with E-state index >= 15 is 0 Å².